The van der Waals surface area contributed by atoms with Crippen molar-refractivity contribution in [3.63, 3.8) is 0 Å². The van der Waals surface area contributed by atoms with Crippen LogP contribution < -0.4 is 9.64 Å². The van der Waals surface area contributed by atoms with Gasteiger partial charge in [0.2, 0.25) is 0 Å². The molecule has 0 amide bonds. The van der Waals surface area contributed by atoms with E-state index in [0.717, 1.165) is 12.2 Å². The fourth-order valence-electron chi connectivity index (χ4n) is 3.90. The summed E-state index contributed by atoms with van der Waals surface area (Å²) in [5, 5.41) is 0. The molecule has 0 N–H and O–H groups in total. The third-order valence-corrected chi connectivity index (χ3v) is 5.45. The molecule has 1 aliphatic heterocycles. The van der Waals surface area contributed by atoms with Crippen LogP contribution in [0.5, 0.6) is 5.75 Å². The van der Waals surface area contributed by atoms with E-state index in [2.05, 4.69) is 81.1 Å². The Morgan fingerprint density at radius 3 is 2.16 bits per heavy atom. The molecule has 25 heavy (non-hydrogen) atoms. The number of benzene rings is 2. The molecule has 1 saturated heterocycles. The van der Waals surface area contributed by atoms with E-state index < -0.39 is 0 Å². The van der Waals surface area contributed by atoms with Gasteiger partial charge < -0.3 is 9.64 Å². The molecule has 0 saturated carbocycles. The van der Waals surface area contributed by atoms with Crippen LogP contribution in [0.4, 0.5) is 5.69 Å². The number of anilines is 1. The van der Waals surface area contributed by atoms with Gasteiger partial charge in [0, 0.05) is 17.8 Å². The topological polar surface area (TPSA) is 12.5 Å². The molecule has 2 nitrogen and oxygen atoms in total. The molecule has 1 heterocycles. The van der Waals surface area contributed by atoms with Gasteiger partial charge in [0.25, 0.3) is 0 Å². The number of hydrogen-bond acceptors (Lipinski definition) is 2. The number of methoxy groups -OCH3 is 1. The van der Waals surface area contributed by atoms with Crippen LogP contribution in [0.25, 0.3) is 0 Å². The van der Waals surface area contributed by atoms with Crippen molar-refractivity contribution < 1.29 is 4.74 Å². The lowest BCUT2D eigenvalue weighted by Crippen LogP contribution is -2.35. The highest BCUT2D eigenvalue weighted by molar-refractivity contribution is 5.52. The molecular formula is C23H31NO. The van der Waals surface area contributed by atoms with Crippen molar-refractivity contribution in [1.29, 1.82) is 0 Å². The van der Waals surface area contributed by atoms with Crippen molar-refractivity contribution in [2.75, 3.05) is 12.0 Å². The van der Waals surface area contributed by atoms with E-state index in [1.165, 1.54) is 29.7 Å². The van der Waals surface area contributed by atoms with Crippen LogP contribution in [0.15, 0.2) is 48.5 Å². The summed E-state index contributed by atoms with van der Waals surface area (Å²) in [6, 6.07) is 18.9. The number of rotatable bonds is 4. The minimum absolute atomic E-state index is 0.218. The molecule has 0 aliphatic carbocycles. The monoisotopic (exact) mass is 337 g/mol. The van der Waals surface area contributed by atoms with Crippen molar-refractivity contribution in [1.82, 2.24) is 0 Å². The highest BCUT2D eigenvalue weighted by Crippen LogP contribution is 2.33. The fraction of sp³-hybridized carbons (Fsp3) is 0.478. The van der Waals surface area contributed by atoms with E-state index in [1.807, 2.05) is 0 Å². The van der Waals surface area contributed by atoms with Gasteiger partial charge in [0.05, 0.1) is 7.11 Å². The lowest BCUT2D eigenvalue weighted by Gasteiger charge is -2.31. The van der Waals surface area contributed by atoms with Crippen LogP contribution in [0.1, 0.15) is 51.7 Å². The van der Waals surface area contributed by atoms with Crippen molar-refractivity contribution in [3.05, 3.63) is 59.7 Å². The first-order valence-corrected chi connectivity index (χ1v) is 9.40. The first-order chi connectivity index (χ1) is 11.9. The minimum Gasteiger partial charge on any atom is -0.497 e. The molecule has 3 rings (SSSR count). The number of hydrogen-bond donors (Lipinski definition) is 0. The average molecular weight is 338 g/mol. The number of ether oxygens (including phenoxy) is 1. The van der Waals surface area contributed by atoms with Gasteiger partial charge in [-0.2, -0.15) is 0 Å². The Balaban J connectivity index is 1.76. The van der Waals surface area contributed by atoms with Gasteiger partial charge in [-0.1, -0.05) is 45.0 Å². The largest absolute Gasteiger partial charge is 0.497 e. The summed E-state index contributed by atoms with van der Waals surface area (Å²) >= 11 is 0. The summed E-state index contributed by atoms with van der Waals surface area (Å²) in [7, 11) is 1.72. The SMILES string of the molecule is COc1ccc(N2C(C)CCC2Cc2ccc(C(C)(C)C)cc2)cc1. The first-order valence-electron chi connectivity index (χ1n) is 9.40. The molecule has 2 unspecified atom stereocenters. The Morgan fingerprint density at radius 2 is 1.60 bits per heavy atom. The van der Waals surface area contributed by atoms with E-state index in [0.29, 0.717) is 12.1 Å². The van der Waals surface area contributed by atoms with E-state index in [4.69, 9.17) is 4.74 Å². The van der Waals surface area contributed by atoms with Gasteiger partial charge in [-0.05, 0) is 67.0 Å². The highest BCUT2D eigenvalue weighted by Gasteiger charge is 2.30. The molecule has 0 bridgehead atoms. The Labute approximate surface area is 152 Å². The maximum Gasteiger partial charge on any atom is 0.119 e. The minimum atomic E-state index is 0.218. The Hall–Kier alpha value is -1.96. The quantitative estimate of drug-likeness (QED) is 0.721. The second-order valence-corrected chi connectivity index (χ2v) is 8.34. The normalized spacial score (nSPS) is 20.8. The lowest BCUT2D eigenvalue weighted by molar-refractivity contribution is 0.414. The molecule has 0 radical (unpaired) electrons. The van der Waals surface area contributed by atoms with Gasteiger partial charge >= 0.3 is 0 Å². The van der Waals surface area contributed by atoms with Crippen molar-refractivity contribution in [2.45, 2.75) is 64.5 Å². The molecule has 2 aromatic carbocycles. The lowest BCUT2D eigenvalue weighted by atomic mass is 9.86. The zero-order valence-corrected chi connectivity index (χ0v) is 16.3. The molecule has 2 heteroatoms. The Bertz CT molecular complexity index is 682. The van der Waals surface area contributed by atoms with E-state index in [9.17, 15) is 0 Å². The van der Waals surface area contributed by atoms with Gasteiger partial charge in [-0.3, -0.25) is 0 Å². The van der Waals surface area contributed by atoms with Crippen molar-refractivity contribution in [2.24, 2.45) is 0 Å². The fourth-order valence-corrected chi connectivity index (χ4v) is 3.90. The van der Waals surface area contributed by atoms with E-state index in [-0.39, 0.29) is 5.41 Å². The average Bonchev–Trinajstić information content (AvgIpc) is 2.95. The third-order valence-electron chi connectivity index (χ3n) is 5.45. The van der Waals surface area contributed by atoms with E-state index in [1.54, 1.807) is 7.11 Å². The van der Waals surface area contributed by atoms with Crippen molar-refractivity contribution >= 4 is 5.69 Å². The predicted molar refractivity (Wildman–Crippen MR) is 107 cm³/mol. The molecule has 2 atom stereocenters. The maximum absolute atomic E-state index is 5.30. The molecule has 2 aromatic rings. The summed E-state index contributed by atoms with van der Waals surface area (Å²) in [6.07, 6.45) is 3.63. The van der Waals surface area contributed by atoms with Crippen LogP contribution in [0.2, 0.25) is 0 Å². The summed E-state index contributed by atoms with van der Waals surface area (Å²) in [5.74, 6) is 0.921. The molecule has 134 valence electrons. The highest BCUT2D eigenvalue weighted by atomic mass is 16.5. The summed E-state index contributed by atoms with van der Waals surface area (Å²) in [5.41, 5.74) is 4.37. The van der Waals surface area contributed by atoms with Gasteiger partial charge in [0.1, 0.15) is 5.75 Å². The molecular weight excluding hydrogens is 306 g/mol. The van der Waals surface area contributed by atoms with Crippen molar-refractivity contribution in [3.8, 4) is 5.75 Å². The standard InChI is InChI=1S/C23H31NO/c1-17-6-11-21(24(17)20-12-14-22(25-5)15-13-20)16-18-7-9-19(10-8-18)23(2,3)4/h7-10,12-15,17,21H,6,11,16H2,1-5H3. The summed E-state index contributed by atoms with van der Waals surface area (Å²) in [6.45, 7) is 9.15. The zero-order valence-electron chi connectivity index (χ0n) is 16.3. The third kappa shape index (κ3) is 4.00. The van der Waals surface area contributed by atoms with Crippen LogP contribution in [0.3, 0.4) is 0 Å². The Morgan fingerprint density at radius 1 is 0.960 bits per heavy atom. The molecule has 1 aliphatic rings. The molecule has 0 spiro atoms. The van der Waals surface area contributed by atoms with Crippen LogP contribution in [-0.2, 0) is 11.8 Å². The zero-order chi connectivity index (χ0) is 18.0. The predicted octanol–water partition coefficient (Wildman–Crippen LogP) is 5.59. The Kier molecular flexibility index (Phi) is 5.08. The van der Waals surface area contributed by atoms with Gasteiger partial charge in [-0.15, -0.1) is 0 Å². The first kappa shape index (κ1) is 17.8. The van der Waals surface area contributed by atoms with Crippen LogP contribution >= 0.6 is 0 Å². The molecule has 0 aromatic heterocycles. The molecule has 1 fully saturated rings. The second-order valence-electron chi connectivity index (χ2n) is 8.34. The van der Waals surface area contributed by atoms with E-state index >= 15 is 0 Å². The van der Waals surface area contributed by atoms with Gasteiger partial charge in [-0.25, -0.2) is 0 Å². The van der Waals surface area contributed by atoms with Crippen LogP contribution in [-0.4, -0.2) is 19.2 Å². The summed E-state index contributed by atoms with van der Waals surface area (Å²) < 4.78 is 5.30. The smallest absolute Gasteiger partial charge is 0.119 e. The van der Waals surface area contributed by atoms with Crippen LogP contribution in [0, 0.1) is 0 Å². The second kappa shape index (κ2) is 7.11. The number of nitrogens with zero attached hydrogens (tertiary/aromatic N) is 1. The maximum atomic E-state index is 5.30. The van der Waals surface area contributed by atoms with Gasteiger partial charge in [0.15, 0.2) is 0 Å². The summed E-state index contributed by atoms with van der Waals surface area (Å²) in [4.78, 5) is 2.59.